The molecular weight excluding hydrogens is 412 g/mol. The summed E-state index contributed by atoms with van der Waals surface area (Å²) in [6.07, 6.45) is 2.86. The van der Waals surface area contributed by atoms with Crippen LogP contribution in [-0.4, -0.2) is 57.5 Å². The number of nitrogen functional groups attached to an aromatic ring is 1. The number of nitrogens with one attached hydrogen (secondary N) is 1. The number of hydrogen-bond donors (Lipinski definition) is 3. The molecule has 8 heteroatoms. The van der Waals surface area contributed by atoms with Crippen LogP contribution in [0.15, 0.2) is 54.6 Å². The van der Waals surface area contributed by atoms with Crippen molar-refractivity contribution >= 4 is 23.5 Å². The third-order valence-corrected chi connectivity index (χ3v) is 6.31. The lowest BCUT2D eigenvalue weighted by molar-refractivity contribution is 0.0708. The minimum Gasteiger partial charge on any atom is -0.394 e. The van der Waals surface area contributed by atoms with E-state index in [4.69, 9.17) is 17.3 Å². The van der Waals surface area contributed by atoms with Crippen molar-refractivity contribution in [3.8, 4) is 0 Å². The molecule has 164 valence electrons. The van der Waals surface area contributed by atoms with Crippen molar-refractivity contribution in [1.29, 1.82) is 0 Å². The predicted octanol–water partition coefficient (Wildman–Crippen LogP) is 3.29. The standard InChI is InChI=1S/C23H29ClN6O/c24-19-8-6-17(7-9-19)10-15-30(21(16-31)18-4-2-1-3-5-18)20-11-13-29(14-12-20)23-26-22(25)27-28-23/h1-9,20-21,31H,10-16H2,(H3,25,26,27,28)/t21-/m0/s1. The van der Waals surface area contributed by atoms with Gasteiger partial charge in [-0.2, -0.15) is 4.98 Å². The highest BCUT2D eigenvalue weighted by Crippen LogP contribution is 2.29. The van der Waals surface area contributed by atoms with Gasteiger partial charge in [-0.1, -0.05) is 54.1 Å². The SMILES string of the molecule is Nc1n[nH]c(N2CCC(N(CCc3ccc(Cl)cc3)[C@@H](CO)c3ccccc3)CC2)n1. The largest absolute Gasteiger partial charge is 0.394 e. The second-order valence-corrected chi connectivity index (χ2v) is 8.40. The van der Waals surface area contributed by atoms with Gasteiger partial charge < -0.3 is 15.7 Å². The van der Waals surface area contributed by atoms with Crippen LogP contribution in [0.4, 0.5) is 11.9 Å². The lowest BCUT2D eigenvalue weighted by atomic mass is 9.97. The zero-order chi connectivity index (χ0) is 21.6. The third kappa shape index (κ3) is 5.36. The molecule has 0 radical (unpaired) electrons. The average Bonchev–Trinajstić information content (AvgIpc) is 3.25. The molecule has 2 heterocycles. The van der Waals surface area contributed by atoms with Crippen LogP contribution >= 0.6 is 11.6 Å². The molecule has 0 spiro atoms. The van der Waals surface area contributed by atoms with E-state index in [-0.39, 0.29) is 18.6 Å². The summed E-state index contributed by atoms with van der Waals surface area (Å²) < 4.78 is 0. The van der Waals surface area contributed by atoms with Crippen molar-refractivity contribution in [2.75, 3.05) is 36.9 Å². The first-order valence-corrected chi connectivity index (χ1v) is 11.1. The Morgan fingerprint density at radius 1 is 1.13 bits per heavy atom. The third-order valence-electron chi connectivity index (χ3n) is 6.05. The number of aromatic nitrogens is 3. The van der Waals surface area contributed by atoms with E-state index >= 15 is 0 Å². The summed E-state index contributed by atoms with van der Waals surface area (Å²) >= 11 is 6.05. The van der Waals surface area contributed by atoms with E-state index in [0.29, 0.717) is 6.04 Å². The van der Waals surface area contributed by atoms with Gasteiger partial charge in [0.25, 0.3) is 0 Å². The van der Waals surface area contributed by atoms with Crippen LogP contribution in [0.1, 0.15) is 30.0 Å². The van der Waals surface area contributed by atoms with Crippen molar-refractivity contribution in [3.63, 3.8) is 0 Å². The Kier molecular flexibility index (Phi) is 7.06. The van der Waals surface area contributed by atoms with Crippen molar-refractivity contribution in [2.24, 2.45) is 0 Å². The smallest absolute Gasteiger partial charge is 0.241 e. The fourth-order valence-corrected chi connectivity index (χ4v) is 4.52. The van der Waals surface area contributed by atoms with Crippen LogP contribution in [-0.2, 0) is 6.42 Å². The molecule has 0 amide bonds. The molecule has 7 nitrogen and oxygen atoms in total. The Morgan fingerprint density at radius 2 is 1.84 bits per heavy atom. The number of aliphatic hydroxyl groups excluding tert-OH is 1. The fraction of sp³-hybridized carbons (Fsp3) is 0.391. The highest BCUT2D eigenvalue weighted by molar-refractivity contribution is 6.30. The van der Waals surface area contributed by atoms with Gasteiger partial charge in [0.15, 0.2) is 0 Å². The summed E-state index contributed by atoms with van der Waals surface area (Å²) in [4.78, 5) is 8.92. The lowest BCUT2D eigenvalue weighted by Gasteiger charge is -2.42. The first kappa shape index (κ1) is 21.6. The van der Waals surface area contributed by atoms with Crippen LogP contribution < -0.4 is 10.6 Å². The highest BCUT2D eigenvalue weighted by Gasteiger charge is 2.31. The summed E-state index contributed by atoms with van der Waals surface area (Å²) in [6.45, 7) is 2.68. The van der Waals surface area contributed by atoms with E-state index < -0.39 is 0 Å². The van der Waals surface area contributed by atoms with Crippen LogP contribution in [0, 0.1) is 0 Å². The number of aliphatic hydroxyl groups is 1. The minimum atomic E-state index is -0.0361. The lowest BCUT2D eigenvalue weighted by Crippen LogP contribution is -2.48. The van der Waals surface area contributed by atoms with Crippen molar-refractivity contribution in [3.05, 3.63) is 70.7 Å². The van der Waals surface area contributed by atoms with E-state index in [1.807, 2.05) is 30.3 Å². The maximum atomic E-state index is 10.3. The Labute approximate surface area is 187 Å². The topological polar surface area (TPSA) is 94.3 Å². The van der Waals surface area contributed by atoms with Crippen LogP contribution in [0.5, 0.6) is 0 Å². The van der Waals surface area contributed by atoms with E-state index in [1.54, 1.807) is 0 Å². The van der Waals surface area contributed by atoms with Crippen LogP contribution in [0.3, 0.4) is 0 Å². The first-order chi connectivity index (χ1) is 15.1. The number of nitrogens with two attached hydrogens (primary N) is 1. The fourth-order valence-electron chi connectivity index (χ4n) is 4.40. The second-order valence-electron chi connectivity index (χ2n) is 7.96. The number of halogens is 1. The number of benzene rings is 2. The van der Waals surface area contributed by atoms with Gasteiger partial charge in [-0.25, -0.2) is 5.10 Å². The minimum absolute atomic E-state index is 0.0361. The van der Waals surface area contributed by atoms with Gasteiger partial charge in [-0.3, -0.25) is 4.90 Å². The van der Waals surface area contributed by atoms with Crippen LogP contribution in [0.2, 0.25) is 5.02 Å². The van der Waals surface area contributed by atoms with E-state index in [1.165, 1.54) is 5.56 Å². The normalized spacial score (nSPS) is 16.0. The maximum absolute atomic E-state index is 10.3. The van der Waals surface area contributed by atoms with Gasteiger partial charge in [0, 0.05) is 30.7 Å². The van der Waals surface area contributed by atoms with Gasteiger partial charge in [0.2, 0.25) is 11.9 Å². The van der Waals surface area contributed by atoms with Crippen molar-refractivity contribution in [2.45, 2.75) is 31.3 Å². The molecule has 0 bridgehead atoms. The van der Waals surface area contributed by atoms with Crippen molar-refractivity contribution < 1.29 is 5.11 Å². The molecule has 1 atom stereocenters. The Morgan fingerprint density at radius 3 is 2.45 bits per heavy atom. The molecule has 3 aromatic rings. The first-order valence-electron chi connectivity index (χ1n) is 10.7. The molecule has 0 unspecified atom stereocenters. The molecule has 1 aliphatic rings. The molecule has 0 aliphatic carbocycles. The van der Waals surface area contributed by atoms with Gasteiger partial charge in [-0.15, -0.1) is 5.10 Å². The zero-order valence-corrected chi connectivity index (χ0v) is 18.2. The summed E-state index contributed by atoms with van der Waals surface area (Å²) in [5, 5.41) is 17.9. The summed E-state index contributed by atoms with van der Waals surface area (Å²) in [5.74, 6) is 0.997. The number of piperidine rings is 1. The van der Waals surface area contributed by atoms with Gasteiger partial charge >= 0.3 is 0 Å². The van der Waals surface area contributed by atoms with Gasteiger partial charge in [-0.05, 0) is 42.5 Å². The Hall–Kier alpha value is -2.61. The number of rotatable bonds is 8. The van der Waals surface area contributed by atoms with Gasteiger partial charge in [0.1, 0.15) is 0 Å². The molecule has 1 saturated heterocycles. The Bertz CT molecular complexity index is 940. The summed E-state index contributed by atoms with van der Waals surface area (Å²) in [7, 11) is 0. The molecule has 31 heavy (non-hydrogen) atoms. The molecule has 2 aromatic carbocycles. The van der Waals surface area contributed by atoms with Crippen molar-refractivity contribution in [1.82, 2.24) is 20.1 Å². The monoisotopic (exact) mass is 440 g/mol. The van der Waals surface area contributed by atoms with E-state index in [0.717, 1.165) is 55.4 Å². The number of aromatic amines is 1. The molecular formula is C23H29ClN6O. The van der Waals surface area contributed by atoms with E-state index in [9.17, 15) is 5.11 Å². The predicted molar refractivity (Wildman–Crippen MR) is 124 cm³/mol. The second kappa shape index (κ2) is 10.1. The zero-order valence-electron chi connectivity index (χ0n) is 17.5. The molecule has 4 rings (SSSR count). The maximum Gasteiger partial charge on any atom is 0.241 e. The molecule has 4 N–H and O–H groups in total. The van der Waals surface area contributed by atoms with Crippen LogP contribution in [0.25, 0.3) is 0 Å². The quantitative estimate of drug-likeness (QED) is 0.497. The molecule has 1 aromatic heterocycles. The highest BCUT2D eigenvalue weighted by atomic mass is 35.5. The van der Waals surface area contributed by atoms with E-state index in [2.05, 4.69) is 49.2 Å². The summed E-state index contributed by atoms with van der Waals surface area (Å²) in [6, 6.07) is 18.6. The Balaban J connectivity index is 1.49. The number of nitrogens with zero attached hydrogens (tertiary/aromatic N) is 4. The number of hydrogen-bond acceptors (Lipinski definition) is 6. The number of anilines is 2. The molecule has 1 aliphatic heterocycles. The van der Waals surface area contributed by atoms with Gasteiger partial charge in [0.05, 0.1) is 12.6 Å². The average molecular weight is 441 g/mol. The molecule has 0 saturated carbocycles. The number of H-pyrrole nitrogens is 1. The summed E-state index contributed by atoms with van der Waals surface area (Å²) in [5.41, 5.74) is 8.05. The molecule has 1 fully saturated rings.